The minimum absolute atomic E-state index is 0.179. The van der Waals surface area contributed by atoms with Crippen LogP contribution in [0.1, 0.15) is 30.1 Å². The highest BCUT2D eigenvalue weighted by molar-refractivity contribution is 8.00. The van der Waals surface area contributed by atoms with Crippen LogP contribution in [0.5, 0.6) is 11.5 Å². The largest absolute Gasteiger partial charge is 0.504 e. The van der Waals surface area contributed by atoms with E-state index in [2.05, 4.69) is 6.92 Å². The van der Waals surface area contributed by atoms with Crippen LogP contribution in [0.15, 0.2) is 18.2 Å². The molecule has 0 aromatic heterocycles. The number of benzene rings is 1. The van der Waals surface area contributed by atoms with Gasteiger partial charge in [0.25, 0.3) is 5.91 Å². The molecule has 4 nitrogen and oxygen atoms in total. The Morgan fingerprint density at radius 1 is 1.50 bits per heavy atom. The molecule has 0 radical (unpaired) electrons. The van der Waals surface area contributed by atoms with Gasteiger partial charge in [-0.15, -0.1) is 11.8 Å². The molecule has 2 N–H and O–H groups in total. The summed E-state index contributed by atoms with van der Waals surface area (Å²) in [7, 11) is 0. The molecule has 1 atom stereocenters. The van der Waals surface area contributed by atoms with Gasteiger partial charge in [-0.1, -0.05) is 19.4 Å². The van der Waals surface area contributed by atoms with E-state index in [1.165, 1.54) is 6.07 Å². The number of hydrogen-bond donors (Lipinski definition) is 2. The predicted octanol–water partition coefficient (Wildman–Crippen LogP) is 2.41. The van der Waals surface area contributed by atoms with Crippen molar-refractivity contribution in [1.29, 1.82) is 0 Å². The fraction of sp³-hybridized carbons (Fsp3) is 0.462. The van der Waals surface area contributed by atoms with Gasteiger partial charge in [-0.2, -0.15) is 0 Å². The van der Waals surface area contributed by atoms with Gasteiger partial charge in [-0.3, -0.25) is 4.79 Å². The lowest BCUT2D eigenvalue weighted by Gasteiger charge is -2.23. The molecule has 1 aliphatic heterocycles. The van der Waals surface area contributed by atoms with Crippen LogP contribution in [0, 0.1) is 0 Å². The van der Waals surface area contributed by atoms with E-state index in [1.807, 2.05) is 0 Å². The number of amides is 1. The van der Waals surface area contributed by atoms with Gasteiger partial charge in [0.2, 0.25) is 0 Å². The summed E-state index contributed by atoms with van der Waals surface area (Å²) < 4.78 is 0. The minimum Gasteiger partial charge on any atom is -0.504 e. The number of hydrogen-bond acceptors (Lipinski definition) is 4. The number of para-hydroxylation sites is 1. The van der Waals surface area contributed by atoms with Crippen LogP contribution in [0.4, 0.5) is 0 Å². The van der Waals surface area contributed by atoms with Gasteiger partial charge in [0.15, 0.2) is 11.5 Å². The molecule has 1 amide bonds. The number of carbonyl (C=O) groups is 1. The Labute approximate surface area is 111 Å². The first kappa shape index (κ1) is 13.1. The molecule has 0 saturated carbocycles. The fourth-order valence-electron chi connectivity index (χ4n) is 2.10. The zero-order valence-electron chi connectivity index (χ0n) is 10.3. The average Bonchev–Trinajstić information content (AvgIpc) is 2.80. The van der Waals surface area contributed by atoms with Gasteiger partial charge in [-0.05, 0) is 18.6 Å². The van der Waals surface area contributed by atoms with Crippen molar-refractivity contribution in [3.63, 3.8) is 0 Å². The molecule has 1 fully saturated rings. The van der Waals surface area contributed by atoms with E-state index in [9.17, 15) is 15.0 Å². The lowest BCUT2D eigenvalue weighted by atomic mass is 10.1. The van der Waals surface area contributed by atoms with Crippen molar-refractivity contribution in [2.24, 2.45) is 0 Å². The first-order valence-corrected chi connectivity index (χ1v) is 7.13. The third-order valence-corrected chi connectivity index (χ3v) is 4.32. The number of thioether (sulfide) groups is 1. The normalized spacial score (nSPS) is 19.2. The molecule has 1 heterocycles. The molecule has 1 saturated heterocycles. The average molecular weight is 267 g/mol. The number of carbonyl (C=O) groups excluding carboxylic acids is 1. The van der Waals surface area contributed by atoms with Crippen LogP contribution in [0.3, 0.4) is 0 Å². The fourth-order valence-corrected chi connectivity index (χ4v) is 3.46. The van der Waals surface area contributed by atoms with E-state index in [1.54, 1.807) is 28.8 Å². The quantitative estimate of drug-likeness (QED) is 0.826. The summed E-state index contributed by atoms with van der Waals surface area (Å²) in [5.74, 6) is 0.150. The topological polar surface area (TPSA) is 60.8 Å². The molecule has 1 aromatic carbocycles. The number of nitrogens with zero attached hydrogens (tertiary/aromatic N) is 1. The summed E-state index contributed by atoms with van der Waals surface area (Å²) in [4.78, 5) is 14.1. The molecule has 2 rings (SSSR count). The molecule has 5 heteroatoms. The van der Waals surface area contributed by atoms with E-state index in [0.717, 1.165) is 18.6 Å². The van der Waals surface area contributed by atoms with Crippen molar-refractivity contribution in [1.82, 2.24) is 4.90 Å². The summed E-state index contributed by atoms with van der Waals surface area (Å²) in [6.45, 7) is 2.79. The number of rotatable bonds is 3. The maximum Gasteiger partial charge on any atom is 0.258 e. The van der Waals surface area contributed by atoms with E-state index in [-0.39, 0.29) is 28.3 Å². The maximum absolute atomic E-state index is 12.3. The first-order valence-electron chi connectivity index (χ1n) is 6.08. The predicted molar refractivity (Wildman–Crippen MR) is 72.0 cm³/mol. The summed E-state index contributed by atoms with van der Waals surface area (Å²) in [6, 6.07) is 4.48. The molecular weight excluding hydrogens is 250 g/mol. The highest BCUT2D eigenvalue weighted by Gasteiger charge is 2.30. The van der Waals surface area contributed by atoms with Crippen LogP contribution in [0.2, 0.25) is 0 Å². The van der Waals surface area contributed by atoms with Crippen molar-refractivity contribution in [3.8, 4) is 11.5 Å². The van der Waals surface area contributed by atoms with Crippen molar-refractivity contribution >= 4 is 17.7 Å². The van der Waals surface area contributed by atoms with Crippen LogP contribution >= 0.6 is 11.8 Å². The van der Waals surface area contributed by atoms with Gasteiger partial charge in [0.05, 0.1) is 10.9 Å². The standard InChI is InChI=1S/C13H17NO3S/c1-2-4-11-14(7-8-18-11)13(17)9-5-3-6-10(15)12(9)16/h3,5-6,11,15-16H,2,4,7-8H2,1H3/t11-/m1/s1. The highest BCUT2D eigenvalue weighted by Crippen LogP contribution is 2.33. The Bertz CT molecular complexity index is 450. The Kier molecular flexibility index (Phi) is 4.01. The number of aromatic hydroxyl groups is 2. The second kappa shape index (κ2) is 5.52. The Morgan fingerprint density at radius 3 is 3.00 bits per heavy atom. The van der Waals surface area contributed by atoms with Gasteiger partial charge in [0, 0.05) is 12.3 Å². The summed E-state index contributed by atoms with van der Waals surface area (Å²) in [5, 5.41) is 19.4. The van der Waals surface area contributed by atoms with Gasteiger partial charge < -0.3 is 15.1 Å². The summed E-state index contributed by atoms with van der Waals surface area (Å²) in [6.07, 6.45) is 1.98. The van der Waals surface area contributed by atoms with Crippen LogP contribution < -0.4 is 0 Å². The second-order valence-corrected chi connectivity index (χ2v) is 5.57. The van der Waals surface area contributed by atoms with Crippen molar-refractivity contribution < 1.29 is 15.0 Å². The molecule has 1 aromatic rings. The zero-order chi connectivity index (χ0) is 13.1. The number of phenols is 2. The van der Waals surface area contributed by atoms with Gasteiger partial charge in [-0.25, -0.2) is 0 Å². The molecule has 0 unspecified atom stereocenters. The van der Waals surface area contributed by atoms with E-state index in [0.29, 0.717) is 6.54 Å². The molecule has 18 heavy (non-hydrogen) atoms. The maximum atomic E-state index is 12.3. The Morgan fingerprint density at radius 2 is 2.28 bits per heavy atom. The summed E-state index contributed by atoms with van der Waals surface area (Å²) >= 11 is 1.77. The summed E-state index contributed by atoms with van der Waals surface area (Å²) in [5.41, 5.74) is 0.179. The first-order chi connectivity index (χ1) is 8.65. The third-order valence-electron chi connectivity index (χ3n) is 3.03. The van der Waals surface area contributed by atoms with Crippen LogP contribution in [0.25, 0.3) is 0 Å². The lowest BCUT2D eigenvalue weighted by Crippen LogP contribution is -2.34. The van der Waals surface area contributed by atoms with E-state index < -0.39 is 0 Å². The van der Waals surface area contributed by atoms with Crippen molar-refractivity contribution in [3.05, 3.63) is 23.8 Å². The lowest BCUT2D eigenvalue weighted by molar-refractivity contribution is 0.0752. The Balaban J connectivity index is 2.23. The van der Waals surface area contributed by atoms with Crippen LogP contribution in [-0.4, -0.2) is 38.7 Å². The molecular formula is C13H17NO3S. The molecule has 0 bridgehead atoms. The molecule has 98 valence electrons. The molecule has 0 aliphatic carbocycles. The second-order valence-electron chi connectivity index (χ2n) is 4.29. The van der Waals surface area contributed by atoms with Crippen molar-refractivity contribution in [2.45, 2.75) is 25.1 Å². The van der Waals surface area contributed by atoms with E-state index >= 15 is 0 Å². The monoisotopic (exact) mass is 267 g/mol. The van der Waals surface area contributed by atoms with Gasteiger partial charge >= 0.3 is 0 Å². The number of phenolic OH excluding ortho intramolecular Hbond substituents is 2. The zero-order valence-corrected chi connectivity index (χ0v) is 11.1. The smallest absolute Gasteiger partial charge is 0.258 e. The molecule has 0 spiro atoms. The van der Waals surface area contributed by atoms with Crippen LogP contribution in [-0.2, 0) is 0 Å². The molecule has 1 aliphatic rings. The third kappa shape index (κ3) is 2.41. The highest BCUT2D eigenvalue weighted by atomic mass is 32.2. The SMILES string of the molecule is CCC[C@H]1SCCN1C(=O)c1cccc(O)c1O. The van der Waals surface area contributed by atoms with Crippen molar-refractivity contribution in [2.75, 3.05) is 12.3 Å². The van der Waals surface area contributed by atoms with Gasteiger partial charge in [0.1, 0.15) is 0 Å². The minimum atomic E-state index is -0.324. The van der Waals surface area contributed by atoms with E-state index in [4.69, 9.17) is 0 Å². The Hall–Kier alpha value is -1.36.